The lowest BCUT2D eigenvalue weighted by atomic mass is 10.3. The van der Waals surface area contributed by atoms with Gasteiger partial charge >= 0.3 is 0 Å². The minimum Gasteiger partial charge on any atom is -0.497 e. The number of methoxy groups -OCH3 is 1. The summed E-state index contributed by atoms with van der Waals surface area (Å²) in [6.07, 6.45) is 0. The quantitative estimate of drug-likeness (QED) is 0.861. The number of benzene rings is 2. The van der Waals surface area contributed by atoms with E-state index < -0.39 is 10.0 Å². The van der Waals surface area contributed by atoms with Crippen molar-refractivity contribution in [3.05, 3.63) is 48.5 Å². The number of nitrogens with two attached hydrogens (primary N) is 1. The number of ether oxygens (including phenoxy) is 1. The zero-order valence-corrected chi connectivity index (χ0v) is 12.8. The van der Waals surface area contributed by atoms with Crippen LogP contribution in [0.2, 0.25) is 0 Å². The molecule has 2 rings (SSSR count). The van der Waals surface area contributed by atoms with Crippen molar-refractivity contribution in [1.29, 1.82) is 0 Å². The summed E-state index contributed by atoms with van der Waals surface area (Å²) in [5.74, 6) is 0.615. The Bertz CT molecular complexity index is 695. The molecule has 112 valence electrons. The summed E-state index contributed by atoms with van der Waals surface area (Å²) in [5.41, 5.74) is 6.82. The van der Waals surface area contributed by atoms with E-state index in [0.29, 0.717) is 23.7 Å². The van der Waals surface area contributed by atoms with Crippen molar-refractivity contribution in [2.45, 2.75) is 11.8 Å². The molecule has 0 aliphatic heterocycles. The van der Waals surface area contributed by atoms with Crippen molar-refractivity contribution in [2.24, 2.45) is 0 Å². The maximum Gasteiger partial charge on any atom is 0.264 e. The van der Waals surface area contributed by atoms with E-state index in [4.69, 9.17) is 10.5 Å². The summed E-state index contributed by atoms with van der Waals surface area (Å²) in [4.78, 5) is 0.224. The lowest BCUT2D eigenvalue weighted by molar-refractivity contribution is 0.414. The summed E-state index contributed by atoms with van der Waals surface area (Å²) in [6, 6.07) is 13.1. The minimum absolute atomic E-state index is 0.224. The van der Waals surface area contributed by atoms with E-state index in [0.717, 1.165) is 0 Å². The predicted molar refractivity (Wildman–Crippen MR) is 84.1 cm³/mol. The molecule has 0 radical (unpaired) electrons. The van der Waals surface area contributed by atoms with Gasteiger partial charge in [-0.05, 0) is 55.5 Å². The van der Waals surface area contributed by atoms with Crippen LogP contribution in [0, 0.1) is 0 Å². The largest absolute Gasteiger partial charge is 0.497 e. The van der Waals surface area contributed by atoms with Gasteiger partial charge in [0.05, 0.1) is 17.7 Å². The first-order valence-corrected chi connectivity index (χ1v) is 7.95. The SMILES string of the molecule is CCN(c1ccc(N)cc1)S(=O)(=O)c1ccc(OC)cc1. The van der Waals surface area contributed by atoms with Gasteiger partial charge in [0.1, 0.15) is 5.75 Å². The summed E-state index contributed by atoms with van der Waals surface area (Å²) in [6.45, 7) is 2.12. The fraction of sp³-hybridized carbons (Fsp3) is 0.200. The zero-order valence-electron chi connectivity index (χ0n) is 12.0. The molecule has 0 fully saturated rings. The van der Waals surface area contributed by atoms with Crippen LogP contribution in [0.5, 0.6) is 5.75 Å². The van der Waals surface area contributed by atoms with Gasteiger partial charge in [-0.15, -0.1) is 0 Å². The third-order valence-electron chi connectivity index (χ3n) is 3.12. The fourth-order valence-corrected chi connectivity index (χ4v) is 3.48. The molecule has 2 aromatic rings. The topological polar surface area (TPSA) is 72.6 Å². The van der Waals surface area contributed by atoms with E-state index in [1.165, 1.54) is 23.5 Å². The number of hydrogen-bond acceptors (Lipinski definition) is 4. The first-order valence-electron chi connectivity index (χ1n) is 6.51. The normalized spacial score (nSPS) is 11.1. The first-order chi connectivity index (χ1) is 9.98. The summed E-state index contributed by atoms with van der Waals surface area (Å²) in [5, 5.41) is 0. The van der Waals surface area contributed by atoms with Crippen molar-refractivity contribution in [3.8, 4) is 5.75 Å². The van der Waals surface area contributed by atoms with Crippen LogP contribution in [0.3, 0.4) is 0 Å². The van der Waals surface area contributed by atoms with Crippen molar-refractivity contribution in [1.82, 2.24) is 0 Å². The number of rotatable bonds is 5. The van der Waals surface area contributed by atoms with Crippen LogP contribution in [0.4, 0.5) is 11.4 Å². The highest BCUT2D eigenvalue weighted by atomic mass is 32.2. The van der Waals surface area contributed by atoms with E-state index in [2.05, 4.69) is 0 Å². The van der Waals surface area contributed by atoms with E-state index >= 15 is 0 Å². The van der Waals surface area contributed by atoms with Gasteiger partial charge < -0.3 is 10.5 Å². The Hall–Kier alpha value is -2.21. The second kappa shape index (κ2) is 6.05. The van der Waals surface area contributed by atoms with Crippen LogP contribution >= 0.6 is 0 Å². The van der Waals surface area contributed by atoms with Gasteiger partial charge in [-0.25, -0.2) is 8.42 Å². The van der Waals surface area contributed by atoms with Gasteiger partial charge in [0, 0.05) is 12.2 Å². The molecule has 0 atom stereocenters. The van der Waals surface area contributed by atoms with Crippen molar-refractivity contribution < 1.29 is 13.2 Å². The molecule has 0 saturated heterocycles. The molecule has 0 unspecified atom stereocenters. The number of sulfonamides is 1. The molecule has 0 bridgehead atoms. The molecular weight excluding hydrogens is 288 g/mol. The van der Waals surface area contributed by atoms with Crippen LogP contribution in [-0.4, -0.2) is 22.1 Å². The molecule has 2 aromatic carbocycles. The smallest absolute Gasteiger partial charge is 0.264 e. The van der Waals surface area contributed by atoms with Crippen molar-refractivity contribution in [3.63, 3.8) is 0 Å². The Kier molecular flexibility index (Phi) is 4.37. The van der Waals surface area contributed by atoms with Gasteiger partial charge in [-0.3, -0.25) is 4.31 Å². The summed E-state index contributed by atoms with van der Waals surface area (Å²) < 4.78 is 31.8. The Labute approximate surface area is 125 Å². The predicted octanol–water partition coefficient (Wildman–Crippen LogP) is 2.49. The van der Waals surface area contributed by atoms with Gasteiger partial charge in [-0.1, -0.05) is 0 Å². The fourth-order valence-electron chi connectivity index (χ4n) is 2.01. The first kappa shape index (κ1) is 15.2. The Morgan fingerprint density at radius 1 is 1.05 bits per heavy atom. The number of hydrogen-bond donors (Lipinski definition) is 1. The number of nitrogen functional groups attached to an aromatic ring is 1. The molecule has 2 N–H and O–H groups in total. The van der Waals surface area contributed by atoms with Gasteiger partial charge in [-0.2, -0.15) is 0 Å². The van der Waals surface area contributed by atoms with E-state index in [1.54, 1.807) is 43.3 Å². The molecule has 6 heteroatoms. The van der Waals surface area contributed by atoms with Gasteiger partial charge in [0.15, 0.2) is 0 Å². The Balaban J connectivity index is 2.41. The molecule has 0 aromatic heterocycles. The lowest BCUT2D eigenvalue weighted by Crippen LogP contribution is -2.30. The molecule has 21 heavy (non-hydrogen) atoms. The zero-order chi connectivity index (χ0) is 15.5. The highest BCUT2D eigenvalue weighted by molar-refractivity contribution is 7.92. The standard InChI is InChI=1S/C15H18N2O3S/c1-3-17(13-6-4-12(16)5-7-13)21(18,19)15-10-8-14(20-2)9-11-15/h4-11H,3,16H2,1-2H3. The molecular formula is C15H18N2O3S. The maximum absolute atomic E-state index is 12.7. The second-order valence-corrected chi connectivity index (χ2v) is 6.30. The van der Waals surface area contributed by atoms with Crippen LogP contribution < -0.4 is 14.8 Å². The van der Waals surface area contributed by atoms with Crippen LogP contribution in [-0.2, 0) is 10.0 Å². The van der Waals surface area contributed by atoms with E-state index in [-0.39, 0.29) is 4.90 Å². The number of nitrogens with zero attached hydrogens (tertiary/aromatic N) is 1. The van der Waals surface area contributed by atoms with Crippen LogP contribution in [0.15, 0.2) is 53.4 Å². The lowest BCUT2D eigenvalue weighted by Gasteiger charge is -2.23. The summed E-state index contributed by atoms with van der Waals surface area (Å²) >= 11 is 0. The van der Waals surface area contributed by atoms with Crippen molar-refractivity contribution in [2.75, 3.05) is 23.7 Å². The Morgan fingerprint density at radius 2 is 1.62 bits per heavy atom. The molecule has 0 saturated carbocycles. The average Bonchev–Trinajstić information content (AvgIpc) is 2.50. The molecule has 0 aliphatic carbocycles. The highest BCUT2D eigenvalue weighted by Crippen LogP contribution is 2.25. The van der Waals surface area contributed by atoms with E-state index in [1.807, 2.05) is 0 Å². The van der Waals surface area contributed by atoms with Gasteiger partial charge in [0.25, 0.3) is 10.0 Å². The second-order valence-electron chi connectivity index (χ2n) is 4.44. The molecule has 0 aliphatic rings. The average molecular weight is 306 g/mol. The molecule has 0 spiro atoms. The molecule has 5 nitrogen and oxygen atoms in total. The van der Waals surface area contributed by atoms with Gasteiger partial charge in [0.2, 0.25) is 0 Å². The van der Waals surface area contributed by atoms with Crippen molar-refractivity contribution >= 4 is 21.4 Å². The summed E-state index contributed by atoms with van der Waals surface area (Å²) in [7, 11) is -2.07. The third kappa shape index (κ3) is 3.11. The Morgan fingerprint density at radius 3 is 2.10 bits per heavy atom. The minimum atomic E-state index is -3.61. The van der Waals surface area contributed by atoms with Crippen LogP contribution in [0.25, 0.3) is 0 Å². The highest BCUT2D eigenvalue weighted by Gasteiger charge is 2.23. The molecule has 0 heterocycles. The molecule has 0 amide bonds. The monoisotopic (exact) mass is 306 g/mol. The third-order valence-corrected chi connectivity index (χ3v) is 5.03. The van der Waals surface area contributed by atoms with E-state index in [9.17, 15) is 8.42 Å². The number of anilines is 2. The maximum atomic E-state index is 12.7. The van der Waals surface area contributed by atoms with Crippen LogP contribution in [0.1, 0.15) is 6.92 Å².